The van der Waals surface area contributed by atoms with Gasteiger partial charge in [0.25, 0.3) is 0 Å². The topological polar surface area (TPSA) is 33.1 Å². The number of nitrogens with zero attached hydrogens (tertiary/aromatic N) is 1. The van der Waals surface area contributed by atoms with E-state index in [4.69, 9.17) is 0 Å². The van der Waals surface area contributed by atoms with Crippen molar-refractivity contribution in [2.75, 3.05) is 0 Å². The largest absolute Gasteiger partial charge is 0.393 e. The highest BCUT2D eigenvalue weighted by Gasteiger charge is 2.23. The monoisotopic (exact) mass is 305 g/mol. The highest BCUT2D eigenvalue weighted by Crippen LogP contribution is 2.37. The summed E-state index contributed by atoms with van der Waals surface area (Å²) in [6, 6.07) is 10.4. The van der Waals surface area contributed by atoms with E-state index in [2.05, 4.69) is 33.0 Å². The summed E-state index contributed by atoms with van der Waals surface area (Å²) in [6.07, 6.45) is 3.82. The summed E-state index contributed by atoms with van der Waals surface area (Å²) >= 11 is 3.59. The van der Waals surface area contributed by atoms with Gasteiger partial charge >= 0.3 is 0 Å². The second kappa shape index (κ2) is 4.98. The van der Waals surface area contributed by atoms with Crippen LogP contribution in [0.5, 0.6) is 0 Å². The molecule has 1 heterocycles. The highest BCUT2D eigenvalue weighted by atomic mass is 79.9. The van der Waals surface area contributed by atoms with Crippen molar-refractivity contribution in [2.24, 2.45) is 0 Å². The minimum absolute atomic E-state index is 0.103. The number of aliphatic hydroxyl groups is 1. The fourth-order valence-electron chi connectivity index (χ4n) is 2.78. The molecule has 2 nitrogen and oxygen atoms in total. The third-order valence-electron chi connectivity index (χ3n) is 3.84. The zero-order valence-corrected chi connectivity index (χ0v) is 11.7. The van der Waals surface area contributed by atoms with Crippen LogP contribution in [0.15, 0.2) is 34.9 Å². The Morgan fingerprint density at radius 3 is 2.61 bits per heavy atom. The van der Waals surface area contributed by atoms with Gasteiger partial charge in [-0.1, -0.05) is 18.2 Å². The molecule has 1 fully saturated rings. The van der Waals surface area contributed by atoms with Gasteiger partial charge in [0.1, 0.15) is 4.60 Å². The lowest BCUT2D eigenvalue weighted by atomic mass is 9.83. The summed E-state index contributed by atoms with van der Waals surface area (Å²) in [5.41, 5.74) is 2.32. The second-order valence-corrected chi connectivity index (χ2v) is 5.82. The first-order valence-corrected chi connectivity index (χ1v) is 7.26. The Kier molecular flexibility index (Phi) is 3.35. The van der Waals surface area contributed by atoms with Gasteiger partial charge < -0.3 is 5.11 Å². The fourth-order valence-corrected chi connectivity index (χ4v) is 3.41. The zero-order valence-electron chi connectivity index (χ0n) is 10.1. The number of pyridine rings is 1. The molecule has 0 aliphatic heterocycles. The minimum Gasteiger partial charge on any atom is -0.393 e. The lowest BCUT2D eigenvalue weighted by Crippen LogP contribution is -2.17. The van der Waals surface area contributed by atoms with Crippen LogP contribution in [-0.2, 0) is 0 Å². The van der Waals surface area contributed by atoms with Crippen LogP contribution in [0, 0.1) is 0 Å². The third-order valence-corrected chi connectivity index (χ3v) is 4.48. The van der Waals surface area contributed by atoms with Crippen molar-refractivity contribution in [1.82, 2.24) is 4.98 Å². The molecular formula is C15H16BrNO. The molecule has 0 saturated heterocycles. The van der Waals surface area contributed by atoms with Gasteiger partial charge in [-0.15, -0.1) is 0 Å². The molecule has 0 spiro atoms. The van der Waals surface area contributed by atoms with E-state index in [-0.39, 0.29) is 6.10 Å². The Hall–Kier alpha value is -0.930. The summed E-state index contributed by atoms with van der Waals surface area (Å²) in [5.74, 6) is 0.528. The van der Waals surface area contributed by atoms with Crippen molar-refractivity contribution in [3.8, 4) is 0 Å². The summed E-state index contributed by atoms with van der Waals surface area (Å²) in [7, 11) is 0. The van der Waals surface area contributed by atoms with Gasteiger partial charge in [0.05, 0.1) is 11.6 Å². The Labute approximate surface area is 115 Å². The van der Waals surface area contributed by atoms with Crippen molar-refractivity contribution in [3.05, 3.63) is 40.5 Å². The second-order valence-electron chi connectivity index (χ2n) is 5.07. The molecule has 0 amide bonds. The quantitative estimate of drug-likeness (QED) is 0.807. The van der Waals surface area contributed by atoms with Gasteiger partial charge in [-0.25, -0.2) is 4.98 Å². The predicted octanol–water partition coefficient (Wildman–Crippen LogP) is 4.02. The van der Waals surface area contributed by atoms with E-state index >= 15 is 0 Å². The third kappa shape index (κ3) is 2.29. The van der Waals surface area contributed by atoms with E-state index < -0.39 is 0 Å². The Morgan fingerprint density at radius 2 is 1.83 bits per heavy atom. The first-order chi connectivity index (χ1) is 8.74. The molecule has 1 aromatic heterocycles. The maximum absolute atomic E-state index is 9.59. The van der Waals surface area contributed by atoms with Crippen molar-refractivity contribution >= 4 is 26.8 Å². The van der Waals surface area contributed by atoms with E-state index in [0.29, 0.717) is 5.92 Å². The predicted molar refractivity (Wildman–Crippen MR) is 76.7 cm³/mol. The number of benzene rings is 1. The van der Waals surface area contributed by atoms with Crippen LogP contribution in [0.25, 0.3) is 10.9 Å². The Morgan fingerprint density at radius 1 is 1.11 bits per heavy atom. The molecule has 18 heavy (non-hydrogen) atoms. The van der Waals surface area contributed by atoms with Crippen LogP contribution in [0.2, 0.25) is 0 Å². The molecule has 1 aliphatic rings. The number of aromatic nitrogens is 1. The van der Waals surface area contributed by atoms with Crippen molar-refractivity contribution in [3.63, 3.8) is 0 Å². The average Bonchev–Trinajstić information content (AvgIpc) is 2.39. The number of halogens is 1. The number of hydrogen-bond acceptors (Lipinski definition) is 2. The maximum atomic E-state index is 9.59. The number of fused-ring (bicyclic) bond motifs is 1. The lowest BCUT2D eigenvalue weighted by Gasteiger charge is -2.26. The molecule has 0 atom stereocenters. The summed E-state index contributed by atoms with van der Waals surface area (Å²) in [5, 5.41) is 10.8. The molecule has 1 aromatic carbocycles. The first-order valence-electron chi connectivity index (χ1n) is 6.47. The van der Waals surface area contributed by atoms with E-state index in [1.165, 1.54) is 10.9 Å². The Bertz CT molecular complexity index is 561. The first kappa shape index (κ1) is 12.1. The number of hydrogen-bond donors (Lipinski definition) is 1. The summed E-state index contributed by atoms with van der Waals surface area (Å²) in [4.78, 5) is 4.62. The lowest BCUT2D eigenvalue weighted by molar-refractivity contribution is 0.122. The standard InChI is InChI=1S/C15H16BrNO/c16-15-13(10-5-7-12(18)8-6-10)9-11-3-1-2-4-14(11)17-15/h1-4,9-10,12,18H,5-8H2. The van der Waals surface area contributed by atoms with Crippen LogP contribution in [0.1, 0.15) is 37.2 Å². The van der Waals surface area contributed by atoms with Gasteiger partial charge in [0.15, 0.2) is 0 Å². The molecule has 94 valence electrons. The van der Waals surface area contributed by atoms with E-state index in [1.807, 2.05) is 18.2 Å². The molecule has 1 N–H and O–H groups in total. The molecular weight excluding hydrogens is 290 g/mol. The minimum atomic E-state index is -0.103. The van der Waals surface area contributed by atoms with Gasteiger partial charge in [0, 0.05) is 5.39 Å². The van der Waals surface area contributed by atoms with Crippen LogP contribution in [0.4, 0.5) is 0 Å². The number of para-hydroxylation sites is 1. The summed E-state index contributed by atoms with van der Waals surface area (Å²) in [6.45, 7) is 0. The van der Waals surface area contributed by atoms with Crippen LogP contribution >= 0.6 is 15.9 Å². The number of rotatable bonds is 1. The Balaban J connectivity index is 1.98. The van der Waals surface area contributed by atoms with Gasteiger partial charge in [0.2, 0.25) is 0 Å². The normalized spacial score (nSPS) is 24.3. The van der Waals surface area contributed by atoms with Gasteiger partial charge in [-0.2, -0.15) is 0 Å². The van der Waals surface area contributed by atoms with Crippen LogP contribution in [0.3, 0.4) is 0 Å². The SMILES string of the molecule is OC1CCC(c2cc3ccccc3nc2Br)CC1. The van der Waals surface area contributed by atoms with E-state index in [0.717, 1.165) is 35.8 Å². The number of aliphatic hydroxyl groups excluding tert-OH is 1. The van der Waals surface area contributed by atoms with E-state index in [1.54, 1.807) is 0 Å². The summed E-state index contributed by atoms with van der Waals surface area (Å²) < 4.78 is 0.961. The molecule has 3 heteroatoms. The molecule has 0 bridgehead atoms. The zero-order chi connectivity index (χ0) is 12.5. The molecule has 1 saturated carbocycles. The molecule has 1 aliphatic carbocycles. The van der Waals surface area contributed by atoms with Crippen LogP contribution in [-0.4, -0.2) is 16.2 Å². The van der Waals surface area contributed by atoms with Crippen molar-refractivity contribution in [1.29, 1.82) is 0 Å². The highest BCUT2D eigenvalue weighted by molar-refractivity contribution is 9.10. The van der Waals surface area contributed by atoms with Crippen molar-refractivity contribution < 1.29 is 5.11 Å². The maximum Gasteiger partial charge on any atom is 0.110 e. The molecule has 3 rings (SSSR count). The van der Waals surface area contributed by atoms with Gasteiger partial charge in [-0.05, 0) is 65.2 Å². The average molecular weight is 306 g/mol. The van der Waals surface area contributed by atoms with E-state index in [9.17, 15) is 5.11 Å². The van der Waals surface area contributed by atoms with Gasteiger partial charge in [-0.3, -0.25) is 0 Å². The van der Waals surface area contributed by atoms with Crippen molar-refractivity contribution in [2.45, 2.75) is 37.7 Å². The molecule has 0 radical (unpaired) electrons. The molecule has 0 unspecified atom stereocenters. The smallest absolute Gasteiger partial charge is 0.110 e. The fraction of sp³-hybridized carbons (Fsp3) is 0.400. The van der Waals surface area contributed by atoms with Crippen LogP contribution < -0.4 is 0 Å². The molecule has 2 aromatic rings.